The van der Waals surface area contributed by atoms with E-state index in [1.807, 2.05) is 31.2 Å². The minimum atomic E-state index is -1.06. The van der Waals surface area contributed by atoms with Gasteiger partial charge in [-0.1, -0.05) is 12.1 Å². The summed E-state index contributed by atoms with van der Waals surface area (Å²) in [5.74, 6) is -0.523. The van der Waals surface area contributed by atoms with Gasteiger partial charge in [0, 0.05) is 28.7 Å². The minimum Gasteiger partial charge on any atom is -0.494 e. The molecule has 1 aromatic heterocycles. The number of carbonyl (C=O) groups excluding carboxylic acids is 1. The van der Waals surface area contributed by atoms with Crippen molar-refractivity contribution in [1.29, 1.82) is 0 Å². The summed E-state index contributed by atoms with van der Waals surface area (Å²) in [5, 5.41) is 12.5. The van der Waals surface area contributed by atoms with Crippen LogP contribution in [0.15, 0.2) is 29.2 Å². The number of rotatable bonds is 6. The zero-order valence-corrected chi connectivity index (χ0v) is 13.9. The van der Waals surface area contributed by atoms with E-state index in [9.17, 15) is 14.7 Å². The summed E-state index contributed by atoms with van der Waals surface area (Å²) in [6.45, 7) is 3.18. The first-order valence-electron chi connectivity index (χ1n) is 6.99. The number of amides is 1. The van der Waals surface area contributed by atoms with E-state index in [1.165, 1.54) is 18.7 Å². The maximum Gasteiger partial charge on any atom is 0.327 e. The van der Waals surface area contributed by atoms with E-state index in [0.717, 1.165) is 21.5 Å². The fraction of sp³-hybridized carbons (Fsp3) is 0.312. The van der Waals surface area contributed by atoms with Crippen molar-refractivity contribution in [2.24, 2.45) is 0 Å². The van der Waals surface area contributed by atoms with Crippen molar-refractivity contribution in [3.63, 3.8) is 0 Å². The normalized spacial score (nSPS) is 12.0. The molecule has 0 spiro atoms. The van der Waals surface area contributed by atoms with Gasteiger partial charge >= 0.3 is 5.97 Å². The molecule has 1 aromatic carbocycles. The lowest BCUT2D eigenvalue weighted by atomic mass is 10.2. The van der Waals surface area contributed by atoms with E-state index in [2.05, 4.69) is 10.3 Å². The third-order valence-corrected chi connectivity index (χ3v) is 4.34. The van der Waals surface area contributed by atoms with E-state index >= 15 is 0 Å². The topological polar surface area (TPSA) is 88.5 Å². The fourth-order valence-corrected chi connectivity index (χ4v) is 3.34. The largest absolute Gasteiger partial charge is 0.494 e. The Kier molecular flexibility index (Phi) is 5.44. The average Bonchev–Trinajstić information content (AvgIpc) is 2.49. The highest BCUT2D eigenvalue weighted by Crippen LogP contribution is 2.32. The predicted molar refractivity (Wildman–Crippen MR) is 89.0 cm³/mol. The second-order valence-electron chi connectivity index (χ2n) is 5.02. The SMILES string of the molecule is COc1cccc2c(SC[C@H](NC(C)=O)C(=O)O)cc(C)nc12. The first-order chi connectivity index (χ1) is 10.9. The van der Waals surface area contributed by atoms with E-state index in [-0.39, 0.29) is 11.7 Å². The van der Waals surface area contributed by atoms with Crippen molar-refractivity contribution in [1.82, 2.24) is 10.3 Å². The van der Waals surface area contributed by atoms with Gasteiger partial charge in [-0.2, -0.15) is 0 Å². The first-order valence-corrected chi connectivity index (χ1v) is 7.98. The van der Waals surface area contributed by atoms with Crippen LogP contribution in [0.2, 0.25) is 0 Å². The molecule has 23 heavy (non-hydrogen) atoms. The van der Waals surface area contributed by atoms with E-state index in [4.69, 9.17) is 4.74 Å². The molecule has 0 saturated heterocycles. The Labute approximate surface area is 138 Å². The quantitative estimate of drug-likeness (QED) is 0.788. The number of carboxylic acids is 1. The maximum absolute atomic E-state index is 11.2. The molecule has 0 saturated carbocycles. The van der Waals surface area contributed by atoms with Gasteiger partial charge in [0.05, 0.1) is 7.11 Å². The number of fused-ring (bicyclic) bond motifs is 1. The van der Waals surface area contributed by atoms with Crippen LogP contribution >= 0.6 is 11.8 Å². The number of nitrogens with zero attached hydrogens (tertiary/aromatic N) is 1. The number of ether oxygens (including phenoxy) is 1. The number of thioether (sulfide) groups is 1. The van der Waals surface area contributed by atoms with E-state index in [0.29, 0.717) is 5.75 Å². The van der Waals surface area contributed by atoms with Crippen molar-refractivity contribution < 1.29 is 19.4 Å². The molecule has 6 nitrogen and oxygen atoms in total. The summed E-state index contributed by atoms with van der Waals surface area (Å²) in [6.07, 6.45) is 0. The van der Waals surface area contributed by atoms with Crippen LogP contribution in [0.4, 0.5) is 0 Å². The Morgan fingerprint density at radius 3 is 2.78 bits per heavy atom. The lowest BCUT2D eigenvalue weighted by molar-refractivity contribution is -0.140. The number of methoxy groups -OCH3 is 1. The van der Waals surface area contributed by atoms with Crippen LogP contribution in [-0.4, -0.2) is 40.9 Å². The fourth-order valence-electron chi connectivity index (χ4n) is 2.19. The Balaban J connectivity index is 2.32. The summed E-state index contributed by atoms with van der Waals surface area (Å²) >= 11 is 1.37. The molecule has 1 amide bonds. The number of aliphatic carboxylic acids is 1. The van der Waals surface area contributed by atoms with Crippen LogP contribution in [0.25, 0.3) is 10.9 Å². The van der Waals surface area contributed by atoms with Gasteiger partial charge in [0.25, 0.3) is 0 Å². The summed E-state index contributed by atoms with van der Waals surface area (Å²) in [6, 6.07) is 6.58. The molecule has 0 fully saturated rings. The highest BCUT2D eigenvalue weighted by molar-refractivity contribution is 7.99. The Morgan fingerprint density at radius 1 is 1.43 bits per heavy atom. The molecule has 0 aliphatic heterocycles. The van der Waals surface area contributed by atoms with Gasteiger partial charge in [-0.15, -0.1) is 11.8 Å². The maximum atomic E-state index is 11.2. The third kappa shape index (κ3) is 4.13. The van der Waals surface area contributed by atoms with Crippen molar-refractivity contribution in [2.45, 2.75) is 24.8 Å². The molecule has 122 valence electrons. The van der Waals surface area contributed by atoms with Crippen molar-refractivity contribution >= 4 is 34.5 Å². The third-order valence-electron chi connectivity index (χ3n) is 3.19. The van der Waals surface area contributed by atoms with Gasteiger partial charge in [-0.25, -0.2) is 9.78 Å². The molecule has 1 heterocycles. The number of nitrogens with one attached hydrogen (secondary N) is 1. The standard InChI is InChI=1S/C16H18N2O4S/c1-9-7-14(23-8-12(16(20)21)18-10(2)19)11-5-4-6-13(22-3)15(11)17-9/h4-7,12H,8H2,1-3H3,(H,18,19)(H,20,21)/t12-/m0/s1. The summed E-state index contributed by atoms with van der Waals surface area (Å²) in [5.41, 5.74) is 1.56. The van der Waals surface area contributed by atoms with Crippen LogP contribution < -0.4 is 10.1 Å². The molecule has 0 aliphatic carbocycles. The summed E-state index contributed by atoms with van der Waals surface area (Å²) < 4.78 is 5.33. The Hall–Kier alpha value is -2.28. The van der Waals surface area contributed by atoms with Crippen LogP contribution in [0.3, 0.4) is 0 Å². The second kappa shape index (κ2) is 7.32. The average molecular weight is 334 g/mol. The lowest BCUT2D eigenvalue weighted by Crippen LogP contribution is -2.41. The van der Waals surface area contributed by atoms with Gasteiger partial charge in [0.2, 0.25) is 5.91 Å². The second-order valence-corrected chi connectivity index (χ2v) is 6.08. The molecule has 7 heteroatoms. The zero-order valence-electron chi connectivity index (χ0n) is 13.1. The zero-order chi connectivity index (χ0) is 17.0. The number of aryl methyl sites for hydroxylation is 1. The molecule has 2 N–H and O–H groups in total. The molecule has 0 bridgehead atoms. The van der Waals surface area contributed by atoms with E-state index < -0.39 is 12.0 Å². The number of benzene rings is 1. The lowest BCUT2D eigenvalue weighted by Gasteiger charge is -2.14. The van der Waals surface area contributed by atoms with Crippen LogP contribution in [-0.2, 0) is 9.59 Å². The molecule has 2 rings (SSSR count). The van der Waals surface area contributed by atoms with Gasteiger partial charge in [-0.05, 0) is 19.1 Å². The molecule has 1 atom stereocenters. The van der Waals surface area contributed by atoms with Crippen LogP contribution in [0.1, 0.15) is 12.6 Å². The van der Waals surface area contributed by atoms with Crippen molar-refractivity contribution in [2.75, 3.05) is 12.9 Å². The highest BCUT2D eigenvalue weighted by atomic mass is 32.2. The van der Waals surface area contributed by atoms with Crippen molar-refractivity contribution in [3.05, 3.63) is 30.0 Å². The van der Waals surface area contributed by atoms with Crippen molar-refractivity contribution in [3.8, 4) is 5.75 Å². The van der Waals surface area contributed by atoms with E-state index in [1.54, 1.807) is 7.11 Å². The van der Waals surface area contributed by atoms with Gasteiger partial charge < -0.3 is 15.2 Å². The molecule has 0 aliphatic rings. The highest BCUT2D eigenvalue weighted by Gasteiger charge is 2.19. The minimum absolute atomic E-state index is 0.227. The number of para-hydroxylation sites is 1. The van der Waals surface area contributed by atoms with Crippen LogP contribution in [0.5, 0.6) is 5.75 Å². The number of hydrogen-bond acceptors (Lipinski definition) is 5. The van der Waals surface area contributed by atoms with Gasteiger partial charge in [0.15, 0.2) is 0 Å². The van der Waals surface area contributed by atoms with Gasteiger partial charge in [0.1, 0.15) is 17.3 Å². The summed E-state index contributed by atoms with van der Waals surface area (Å²) in [7, 11) is 1.59. The Bertz CT molecular complexity index is 748. The van der Waals surface area contributed by atoms with Crippen LogP contribution in [0, 0.1) is 6.92 Å². The number of aromatic nitrogens is 1. The predicted octanol–water partition coefficient (Wildman–Crippen LogP) is 2.23. The van der Waals surface area contributed by atoms with Gasteiger partial charge in [-0.3, -0.25) is 4.79 Å². The number of pyridine rings is 1. The molecule has 0 unspecified atom stereocenters. The number of carbonyl (C=O) groups is 2. The molecule has 0 radical (unpaired) electrons. The monoisotopic (exact) mass is 334 g/mol. The summed E-state index contributed by atoms with van der Waals surface area (Å²) in [4.78, 5) is 27.7. The molecule has 2 aromatic rings. The molecular formula is C16H18N2O4S. The molecular weight excluding hydrogens is 316 g/mol. The number of carboxylic acid groups (broad SMARTS) is 1. The number of hydrogen-bond donors (Lipinski definition) is 2. The Morgan fingerprint density at radius 2 is 2.17 bits per heavy atom. The first kappa shape index (κ1) is 17.1. The smallest absolute Gasteiger partial charge is 0.327 e.